The average molecular weight is 188 g/mol. The third-order valence-corrected chi connectivity index (χ3v) is 1.29. The van der Waals surface area contributed by atoms with Crippen LogP contribution in [0, 0.1) is 0 Å². The Balaban J connectivity index is -0.000000135. The molecular weight excluding hydrogens is 172 g/mol. The van der Waals surface area contributed by atoms with Gasteiger partial charge in [0.25, 0.3) is 0 Å². The number of carboxylic acids is 1. The van der Waals surface area contributed by atoms with Gasteiger partial charge in [-0.3, -0.25) is 4.79 Å². The molecule has 0 saturated heterocycles. The Morgan fingerprint density at radius 1 is 1.55 bits per heavy atom. The Morgan fingerprint density at radius 3 is 2.45 bits per heavy atom. The van der Waals surface area contributed by atoms with Crippen molar-refractivity contribution in [2.24, 2.45) is 11.5 Å². The smallest absolute Gasteiger partial charge is 1.00 e. The molecule has 11 heavy (non-hydrogen) atoms. The second-order valence-electron chi connectivity index (χ2n) is 2.23. The summed E-state index contributed by atoms with van der Waals surface area (Å²) in [5.74, 6) is -0.933. The Morgan fingerprint density at radius 2 is 2.09 bits per heavy atom. The minimum Gasteiger partial charge on any atom is -1.00 e. The van der Waals surface area contributed by atoms with Crippen molar-refractivity contribution < 1.29 is 12.8 Å². The summed E-state index contributed by atoms with van der Waals surface area (Å²) in [6, 6.07) is -0.716. The van der Waals surface area contributed by atoms with Crippen molar-refractivity contribution in [2.75, 3.05) is 6.54 Å². The Kier molecular flexibility index (Phi) is 11.3. The molecule has 1 atom stereocenters. The number of carbonyl (C=O) groups is 1. The van der Waals surface area contributed by atoms with Crippen LogP contribution in [0.15, 0.2) is 0 Å². The zero-order valence-electron chi connectivity index (χ0n) is 8.62. The summed E-state index contributed by atoms with van der Waals surface area (Å²) < 4.78 is 0. The van der Waals surface area contributed by atoms with Crippen LogP contribution in [0.3, 0.4) is 0 Å². The van der Waals surface area contributed by atoms with E-state index < -0.39 is 12.0 Å². The van der Waals surface area contributed by atoms with Crippen LogP contribution in [0.4, 0.5) is 0 Å². The minimum atomic E-state index is -0.933. The molecule has 0 spiro atoms. The molecular formula is C6H16CaN2O2. The number of hydrogen-bond donors (Lipinski definition) is 3. The maximum Gasteiger partial charge on any atom is 2.00 e. The summed E-state index contributed by atoms with van der Waals surface area (Å²) in [7, 11) is 0. The van der Waals surface area contributed by atoms with E-state index in [0.717, 1.165) is 12.8 Å². The summed E-state index contributed by atoms with van der Waals surface area (Å²) in [5, 5.41) is 8.33. The number of unbranched alkanes of at least 4 members (excludes halogenated alkanes) is 1. The second kappa shape index (κ2) is 8.74. The van der Waals surface area contributed by atoms with Crippen molar-refractivity contribution in [3.63, 3.8) is 0 Å². The molecule has 1 unspecified atom stereocenters. The number of carboxylic acid groups (broad SMARTS) is 1. The monoisotopic (exact) mass is 188 g/mol. The molecule has 0 aliphatic heterocycles. The largest absolute Gasteiger partial charge is 2.00 e. The maximum absolute atomic E-state index is 10.1. The van der Waals surface area contributed by atoms with Crippen molar-refractivity contribution in [1.29, 1.82) is 0 Å². The molecule has 4 nitrogen and oxygen atoms in total. The molecule has 0 aromatic rings. The van der Waals surface area contributed by atoms with Gasteiger partial charge in [0, 0.05) is 0 Å². The third kappa shape index (κ3) is 8.56. The fourth-order valence-electron chi connectivity index (χ4n) is 0.632. The maximum atomic E-state index is 10.1. The van der Waals surface area contributed by atoms with Crippen LogP contribution in [0.1, 0.15) is 22.1 Å². The summed E-state index contributed by atoms with van der Waals surface area (Å²) in [4.78, 5) is 10.1. The van der Waals surface area contributed by atoms with Gasteiger partial charge in [0.05, 0.1) is 0 Å². The number of rotatable bonds is 5. The topological polar surface area (TPSA) is 89.3 Å². The van der Waals surface area contributed by atoms with Crippen LogP contribution in [-0.2, 0) is 4.79 Å². The summed E-state index contributed by atoms with van der Waals surface area (Å²) in [6.07, 6.45) is 2.16. The number of aliphatic carboxylic acids is 1. The van der Waals surface area contributed by atoms with Crippen LogP contribution in [0.5, 0.6) is 0 Å². The molecule has 0 fully saturated rings. The van der Waals surface area contributed by atoms with E-state index in [-0.39, 0.29) is 40.6 Å². The number of hydrogen-bond acceptors (Lipinski definition) is 3. The van der Waals surface area contributed by atoms with Gasteiger partial charge in [0.2, 0.25) is 0 Å². The van der Waals surface area contributed by atoms with Crippen LogP contribution in [0.2, 0.25) is 0 Å². The van der Waals surface area contributed by atoms with Gasteiger partial charge in [0.15, 0.2) is 0 Å². The zero-order chi connectivity index (χ0) is 7.98. The van der Waals surface area contributed by atoms with E-state index in [1.54, 1.807) is 0 Å². The summed E-state index contributed by atoms with van der Waals surface area (Å²) in [6.45, 7) is 0.604. The van der Waals surface area contributed by atoms with Gasteiger partial charge >= 0.3 is 43.7 Å². The third-order valence-electron chi connectivity index (χ3n) is 1.29. The van der Waals surface area contributed by atoms with Gasteiger partial charge in [-0.05, 0) is 19.4 Å². The molecule has 0 aliphatic rings. The van der Waals surface area contributed by atoms with Crippen LogP contribution in [0.25, 0.3) is 0 Å². The first-order valence-electron chi connectivity index (χ1n) is 3.37. The Bertz CT molecular complexity index is 119. The summed E-state index contributed by atoms with van der Waals surface area (Å²) in [5.41, 5.74) is 10.4. The Labute approximate surface area is 99.3 Å². The normalized spacial score (nSPS) is 11.8. The first kappa shape index (κ1) is 14.2. The molecule has 0 aromatic heterocycles. The molecule has 5 N–H and O–H groups in total. The average Bonchev–Trinajstić information content (AvgIpc) is 1.88. The predicted molar refractivity (Wildman–Crippen MR) is 46.5 cm³/mol. The van der Waals surface area contributed by atoms with Crippen molar-refractivity contribution in [3.05, 3.63) is 0 Å². The number of nitrogens with two attached hydrogens (primary N) is 2. The van der Waals surface area contributed by atoms with Gasteiger partial charge in [-0.2, -0.15) is 0 Å². The molecule has 0 saturated carbocycles. The van der Waals surface area contributed by atoms with Crippen molar-refractivity contribution in [3.8, 4) is 0 Å². The molecule has 5 heteroatoms. The van der Waals surface area contributed by atoms with Crippen LogP contribution < -0.4 is 11.5 Å². The molecule has 0 amide bonds. The first-order valence-corrected chi connectivity index (χ1v) is 3.37. The predicted octanol–water partition coefficient (Wildman–Crippen LogP) is -0.628. The van der Waals surface area contributed by atoms with Gasteiger partial charge < -0.3 is 19.4 Å². The Hall–Kier alpha value is 0.650. The molecule has 64 valence electrons. The van der Waals surface area contributed by atoms with E-state index in [2.05, 4.69) is 0 Å². The van der Waals surface area contributed by atoms with Crippen molar-refractivity contribution >= 4 is 43.7 Å². The molecule has 0 aromatic carbocycles. The standard InChI is InChI=1S/C6H14N2O2.Ca.2H/c7-4-2-1-3-5(8)6(9)10;;;/h5H,1-4,7-8H2,(H,9,10);;;/q;+2;2*-1. The van der Waals surface area contributed by atoms with Gasteiger partial charge in [-0.1, -0.05) is 6.42 Å². The van der Waals surface area contributed by atoms with E-state index in [9.17, 15) is 4.79 Å². The quantitative estimate of drug-likeness (QED) is 0.396. The fourth-order valence-corrected chi connectivity index (χ4v) is 0.632. The summed E-state index contributed by atoms with van der Waals surface area (Å²) >= 11 is 0. The van der Waals surface area contributed by atoms with E-state index in [4.69, 9.17) is 16.6 Å². The molecule has 0 aliphatic carbocycles. The van der Waals surface area contributed by atoms with Gasteiger partial charge in [-0.25, -0.2) is 0 Å². The van der Waals surface area contributed by atoms with Gasteiger partial charge in [-0.15, -0.1) is 0 Å². The van der Waals surface area contributed by atoms with Crippen LogP contribution >= 0.6 is 0 Å². The van der Waals surface area contributed by atoms with Crippen molar-refractivity contribution in [1.82, 2.24) is 0 Å². The van der Waals surface area contributed by atoms with Gasteiger partial charge in [0.1, 0.15) is 6.04 Å². The molecule has 0 heterocycles. The van der Waals surface area contributed by atoms with E-state index in [1.165, 1.54) is 0 Å². The van der Waals surface area contributed by atoms with E-state index >= 15 is 0 Å². The van der Waals surface area contributed by atoms with E-state index in [0.29, 0.717) is 13.0 Å². The first-order chi connectivity index (χ1) is 4.68. The molecule has 0 radical (unpaired) electrons. The molecule has 0 bridgehead atoms. The minimum absolute atomic E-state index is 0. The zero-order valence-corrected chi connectivity index (χ0v) is 8.83. The van der Waals surface area contributed by atoms with Crippen LogP contribution in [-0.4, -0.2) is 61.4 Å². The fraction of sp³-hybridized carbons (Fsp3) is 0.833. The SMILES string of the molecule is NCCCCC(N)C(=O)O.[Ca+2].[H-].[H-]. The molecule has 0 rings (SSSR count). The van der Waals surface area contributed by atoms with E-state index in [1.807, 2.05) is 0 Å². The second-order valence-corrected chi connectivity index (χ2v) is 2.23. The van der Waals surface area contributed by atoms with Crippen molar-refractivity contribution in [2.45, 2.75) is 25.3 Å².